The SMILES string of the molecule is C#CCOc1ccc(C=c2sc3n(c2=O)C(c2cccc(OC)c2OC)C2=C(N=3)c3ccccc3CC2)cc1. The normalized spacial score (nSPS) is 15.9. The van der Waals surface area contributed by atoms with Gasteiger partial charge in [-0.05, 0) is 53.8 Å². The van der Waals surface area contributed by atoms with Crippen LogP contribution in [0.4, 0.5) is 0 Å². The molecule has 2 aliphatic rings. The van der Waals surface area contributed by atoms with Gasteiger partial charge in [-0.1, -0.05) is 65.8 Å². The van der Waals surface area contributed by atoms with Crippen LogP contribution in [-0.2, 0) is 6.42 Å². The van der Waals surface area contributed by atoms with Crippen LogP contribution in [0.15, 0.2) is 82.1 Å². The lowest BCUT2D eigenvalue weighted by Crippen LogP contribution is -2.39. The molecule has 4 aromatic rings. The van der Waals surface area contributed by atoms with E-state index in [-0.39, 0.29) is 18.2 Å². The number of hydrogen-bond acceptors (Lipinski definition) is 6. The van der Waals surface area contributed by atoms with Gasteiger partial charge in [-0.2, -0.15) is 0 Å². The zero-order chi connectivity index (χ0) is 26.9. The number of ether oxygens (including phenoxy) is 3. The Morgan fingerprint density at radius 2 is 1.87 bits per heavy atom. The second kappa shape index (κ2) is 10.3. The van der Waals surface area contributed by atoms with Crippen molar-refractivity contribution in [2.75, 3.05) is 20.8 Å². The van der Waals surface area contributed by atoms with Gasteiger partial charge in [0.15, 0.2) is 16.3 Å². The molecule has 1 aromatic heterocycles. The summed E-state index contributed by atoms with van der Waals surface area (Å²) in [6, 6.07) is 21.3. The number of allylic oxidation sites excluding steroid dienone is 1. The first kappa shape index (κ1) is 24.8. The predicted molar refractivity (Wildman–Crippen MR) is 153 cm³/mol. The molecule has 2 heterocycles. The molecule has 0 N–H and O–H groups in total. The Bertz CT molecular complexity index is 1820. The summed E-state index contributed by atoms with van der Waals surface area (Å²) in [5.41, 5.74) is 6.10. The van der Waals surface area contributed by atoms with Crippen LogP contribution >= 0.6 is 11.3 Å². The van der Waals surface area contributed by atoms with Gasteiger partial charge >= 0.3 is 0 Å². The van der Waals surface area contributed by atoms with E-state index >= 15 is 0 Å². The Kier molecular flexibility index (Phi) is 6.55. The number of rotatable bonds is 6. The number of methoxy groups -OCH3 is 2. The second-order valence-corrected chi connectivity index (χ2v) is 10.3. The maximum Gasteiger partial charge on any atom is 0.271 e. The molecule has 0 fully saturated rings. The van der Waals surface area contributed by atoms with Gasteiger partial charge in [0.05, 0.1) is 30.5 Å². The number of aryl methyl sites for hydroxylation is 1. The minimum absolute atomic E-state index is 0.0910. The van der Waals surface area contributed by atoms with Crippen molar-refractivity contribution in [1.82, 2.24) is 4.57 Å². The molecular weight excluding hydrogens is 508 g/mol. The summed E-state index contributed by atoms with van der Waals surface area (Å²) in [7, 11) is 3.25. The molecule has 1 aliphatic heterocycles. The number of para-hydroxylation sites is 1. The highest BCUT2D eigenvalue weighted by atomic mass is 32.1. The lowest BCUT2D eigenvalue weighted by Gasteiger charge is -2.31. The minimum atomic E-state index is -0.364. The quantitative estimate of drug-likeness (QED) is 0.345. The zero-order valence-electron chi connectivity index (χ0n) is 21.6. The molecule has 6 rings (SSSR count). The van der Waals surface area contributed by atoms with Gasteiger partial charge in [0.2, 0.25) is 0 Å². The lowest BCUT2D eigenvalue weighted by molar-refractivity contribution is 0.348. The Hall–Kier alpha value is -4.54. The Morgan fingerprint density at radius 3 is 2.64 bits per heavy atom. The fraction of sp³-hybridized carbons (Fsp3) is 0.188. The van der Waals surface area contributed by atoms with Gasteiger partial charge in [0.25, 0.3) is 5.56 Å². The molecular formula is C32H26N2O4S. The van der Waals surface area contributed by atoms with Crippen LogP contribution < -0.4 is 29.1 Å². The van der Waals surface area contributed by atoms with E-state index in [0.29, 0.717) is 26.6 Å². The maximum atomic E-state index is 14.0. The summed E-state index contributed by atoms with van der Waals surface area (Å²) in [4.78, 5) is 19.8. The van der Waals surface area contributed by atoms with Gasteiger partial charge in [-0.3, -0.25) is 9.36 Å². The first-order valence-electron chi connectivity index (χ1n) is 12.6. The number of fused-ring (bicyclic) bond motifs is 3. The number of thiazole rings is 1. The zero-order valence-corrected chi connectivity index (χ0v) is 22.5. The van der Waals surface area contributed by atoms with E-state index in [0.717, 1.165) is 40.8 Å². The third-order valence-electron chi connectivity index (χ3n) is 7.10. The van der Waals surface area contributed by atoms with Crippen molar-refractivity contribution in [3.8, 4) is 29.6 Å². The second-order valence-electron chi connectivity index (χ2n) is 9.26. The molecule has 0 saturated carbocycles. The average molecular weight is 535 g/mol. The molecule has 1 unspecified atom stereocenters. The van der Waals surface area contributed by atoms with E-state index < -0.39 is 0 Å². The van der Waals surface area contributed by atoms with Crippen LogP contribution in [0.25, 0.3) is 11.8 Å². The Morgan fingerprint density at radius 1 is 1.05 bits per heavy atom. The van der Waals surface area contributed by atoms with E-state index in [9.17, 15) is 4.79 Å². The average Bonchev–Trinajstić information content (AvgIpc) is 3.29. The largest absolute Gasteiger partial charge is 0.493 e. The number of benzene rings is 3. The Balaban J connectivity index is 1.57. The number of terminal acetylenes is 1. The van der Waals surface area contributed by atoms with Crippen LogP contribution in [0.3, 0.4) is 0 Å². The molecule has 1 aliphatic carbocycles. The van der Waals surface area contributed by atoms with Crippen LogP contribution in [-0.4, -0.2) is 25.4 Å². The molecule has 1 atom stereocenters. The topological polar surface area (TPSA) is 62.0 Å². The van der Waals surface area contributed by atoms with Gasteiger partial charge in [-0.25, -0.2) is 4.99 Å². The summed E-state index contributed by atoms with van der Waals surface area (Å²) in [5.74, 6) is 4.39. The van der Waals surface area contributed by atoms with E-state index in [1.165, 1.54) is 16.9 Å². The fourth-order valence-corrected chi connectivity index (χ4v) is 6.36. The Labute approximate surface area is 230 Å². The van der Waals surface area contributed by atoms with Gasteiger partial charge in [0, 0.05) is 11.1 Å². The van der Waals surface area contributed by atoms with Crippen molar-refractivity contribution in [2.24, 2.45) is 4.99 Å². The minimum Gasteiger partial charge on any atom is -0.493 e. The van der Waals surface area contributed by atoms with Crippen molar-refractivity contribution in [2.45, 2.75) is 18.9 Å². The third-order valence-corrected chi connectivity index (χ3v) is 8.08. The summed E-state index contributed by atoms with van der Waals surface area (Å²) < 4.78 is 19.4. The molecule has 0 amide bonds. The first-order chi connectivity index (χ1) is 19.1. The monoisotopic (exact) mass is 534 g/mol. The van der Waals surface area contributed by atoms with E-state index in [4.69, 9.17) is 25.6 Å². The molecule has 0 bridgehead atoms. The summed E-state index contributed by atoms with van der Waals surface area (Å²) in [5, 5.41) is 0. The van der Waals surface area contributed by atoms with E-state index in [2.05, 4.69) is 24.1 Å². The summed E-state index contributed by atoms with van der Waals surface area (Å²) >= 11 is 1.39. The molecule has 194 valence electrons. The lowest BCUT2D eigenvalue weighted by atomic mass is 9.83. The first-order valence-corrected chi connectivity index (χ1v) is 13.4. The highest BCUT2D eigenvalue weighted by molar-refractivity contribution is 7.07. The van der Waals surface area contributed by atoms with Crippen LogP contribution in [0.5, 0.6) is 17.2 Å². The van der Waals surface area contributed by atoms with Gasteiger partial charge in [0.1, 0.15) is 12.4 Å². The fourth-order valence-electron chi connectivity index (χ4n) is 5.36. The molecule has 0 saturated heterocycles. The van der Waals surface area contributed by atoms with Gasteiger partial charge < -0.3 is 14.2 Å². The molecule has 39 heavy (non-hydrogen) atoms. The maximum absolute atomic E-state index is 14.0. The standard InChI is InChI=1S/C32H26N2O4S/c1-4-18-38-22-15-12-20(13-16-22)19-27-31(35)34-29(25-10-7-11-26(36-2)30(25)37-3)24-17-14-21-8-5-6-9-23(21)28(24)33-32(34)39-27/h1,5-13,15-16,19,29H,14,17-18H2,2-3H3. The number of aromatic nitrogens is 1. The van der Waals surface area contributed by atoms with Crippen molar-refractivity contribution in [1.29, 1.82) is 0 Å². The number of hydrogen-bond donors (Lipinski definition) is 0. The van der Waals surface area contributed by atoms with Crippen molar-refractivity contribution >= 4 is 23.1 Å². The molecule has 3 aromatic carbocycles. The van der Waals surface area contributed by atoms with Crippen molar-refractivity contribution in [3.63, 3.8) is 0 Å². The summed E-state index contributed by atoms with van der Waals surface area (Å²) in [6.45, 7) is 0.208. The predicted octanol–water partition coefficient (Wildman–Crippen LogP) is 4.35. The van der Waals surface area contributed by atoms with E-state index in [1.807, 2.05) is 59.2 Å². The molecule has 0 radical (unpaired) electrons. The molecule has 0 spiro atoms. The summed E-state index contributed by atoms with van der Waals surface area (Å²) in [6.07, 6.45) is 8.86. The highest BCUT2D eigenvalue weighted by Crippen LogP contribution is 2.45. The van der Waals surface area contributed by atoms with Crippen LogP contribution in [0.2, 0.25) is 0 Å². The molecule has 6 nitrogen and oxygen atoms in total. The highest BCUT2D eigenvalue weighted by Gasteiger charge is 2.34. The van der Waals surface area contributed by atoms with Crippen molar-refractivity contribution in [3.05, 3.63) is 114 Å². The van der Waals surface area contributed by atoms with E-state index in [1.54, 1.807) is 14.2 Å². The molecule has 7 heteroatoms. The third kappa shape index (κ3) is 4.33. The van der Waals surface area contributed by atoms with Crippen LogP contribution in [0.1, 0.15) is 34.7 Å². The smallest absolute Gasteiger partial charge is 0.271 e. The van der Waals surface area contributed by atoms with Crippen LogP contribution in [0, 0.1) is 12.3 Å². The van der Waals surface area contributed by atoms with Crippen molar-refractivity contribution < 1.29 is 14.2 Å². The van der Waals surface area contributed by atoms with Gasteiger partial charge in [-0.15, -0.1) is 6.42 Å². The number of nitrogens with zero attached hydrogens (tertiary/aromatic N) is 2.